The Hall–Kier alpha value is 0.372. The summed E-state index contributed by atoms with van der Waals surface area (Å²) in [7, 11) is 5.07. The topological polar surface area (TPSA) is 36.9 Å². The van der Waals surface area contributed by atoms with E-state index in [2.05, 4.69) is 6.92 Å². The van der Waals surface area contributed by atoms with Gasteiger partial charge in [-0.05, 0) is 6.42 Å². The fraction of sp³-hybridized carbons (Fsp3) is 1.00. The maximum absolute atomic E-state index is 5.88. The third-order valence-electron chi connectivity index (χ3n) is 1.90. The van der Waals surface area contributed by atoms with Crippen molar-refractivity contribution in [2.45, 2.75) is 19.4 Å². The second-order valence-electron chi connectivity index (χ2n) is 3.15. The van der Waals surface area contributed by atoms with Crippen LogP contribution in [-0.4, -0.2) is 59.5 Å². The molecule has 0 aromatic rings. The van der Waals surface area contributed by atoms with Crippen molar-refractivity contribution >= 4 is 14.5 Å². The van der Waals surface area contributed by atoms with Crippen molar-refractivity contribution < 1.29 is 18.0 Å². The molecule has 0 amide bonds. The van der Waals surface area contributed by atoms with E-state index in [0.717, 1.165) is 6.42 Å². The smallest absolute Gasteiger partial charge is 0.494 e. The van der Waals surface area contributed by atoms with Crippen LogP contribution in [-0.2, 0) is 18.0 Å². The summed E-state index contributed by atoms with van der Waals surface area (Å²) in [4.78, 5) is 0. The first-order valence-corrected chi connectivity index (χ1v) is 7.01. The molecule has 0 spiro atoms. The zero-order chi connectivity index (χ0) is 10.8. The minimum atomic E-state index is -1.37. The van der Waals surface area contributed by atoms with Crippen molar-refractivity contribution in [3.05, 3.63) is 0 Å². The van der Waals surface area contributed by atoms with Crippen molar-refractivity contribution in [2.75, 3.05) is 38.9 Å². The Balaban J connectivity index is 3.83. The van der Waals surface area contributed by atoms with Gasteiger partial charge >= 0.3 is 14.5 Å². The van der Waals surface area contributed by atoms with Crippen LogP contribution in [0.4, 0.5) is 0 Å². The molecule has 0 N–H and O–H groups in total. The Labute approximate surface area is 91.2 Å². The lowest BCUT2D eigenvalue weighted by molar-refractivity contribution is 0.0649. The summed E-state index contributed by atoms with van der Waals surface area (Å²) >= 11 is -1.37. The van der Waals surface area contributed by atoms with Crippen molar-refractivity contribution in [1.82, 2.24) is 0 Å². The quantitative estimate of drug-likeness (QED) is 0.538. The Morgan fingerprint density at radius 1 is 1.00 bits per heavy atom. The van der Waals surface area contributed by atoms with Crippen molar-refractivity contribution in [3.63, 3.8) is 0 Å². The van der Waals surface area contributed by atoms with E-state index in [1.165, 1.54) is 0 Å². The van der Waals surface area contributed by atoms with E-state index in [0.29, 0.717) is 17.5 Å². The summed E-state index contributed by atoms with van der Waals surface area (Å²) in [5.41, 5.74) is 1.38. The molecule has 84 valence electrons. The minimum Gasteiger partial charge on any atom is -0.494 e. The van der Waals surface area contributed by atoms with Crippen LogP contribution in [0.25, 0.3) is 0 Å². The lowest BCUT2D eigenvalue weighted by Crippen LogP contribution is -2.36. The maximum Gasteiger partial charge on any atom is 0.517 e. The largest absolute Gasteiger partial charge is 0.517 e. The molecule has 0 radical (unpaired) electrons. The summed E-state index contributed by atoms with van der Waals surface area (Å²) in [6.07, 6.45) is 1.15. The molecule has 0 aromatic heterocycles. The van der Waals surface area contributed by atoms with Gasteiger partial charge in [-0.15, -0.1) is 0 Å². The molecule has 0 fully saturated rings. The van der Waals surface area contributed by atoms with Gasteiger partial charge in [0.05, 0.1) is 6.61 Å². The second-order valence-corrected chi connectivity index (χ2v) is 5.34. The van der Waals surface area contributed by atoms with Gasteiger partial charge in [-0.25, -0.2) is 0 Å². The van der Waals surface area contributed by atoms with Crippen molar-refractivity contribution in [1.29, 1.82) is 0 Å². The fourth-order valence-corrected chi connectivity index (χ4v) is 3.02. The normalized spacial score (nSPS) is 12.9. The Morgan fingerprint density at radius 3 is 1.93 bits per heavy atom. The molecular weight excluding hydrogens is 199 g/mol. The van der Waals surface area contributed by atoms with Gasteiger partial charge < -0.3 is 18.0 Å². The van der Waals surface area contributed by atoms with E-state index < -0.39 is 14.5 Å². The van der Waals surface area contributed by atoms with Crippen molar-refractivity contribution in [3.8, 4) is 0 Å². The van der Waals surface area contributed by atoms with Crippen LogP contribution in [0, 0.1) is 0 Å². The summed E-state index contributed by atoms with van der Waals surface area (Å²) in [5, 5.41) is 0. The number of hydrogen-bond donors (Lipinski definition) is 0. The Bertz CT molecular complexity index is 117. The summed E-state index contributed by atoms with van der Waals surface area (Å²) in [6.45, 7) is 2.74. The molecule has 0 rings (SSSR count). The van der Waals surface area contributed by atoms with Crippen molar-refractivity contribution in [2.24, 2.45) is 0 Å². The van der Waals surface area contributed by atoms with Crippen LogP contribution < -0.4 is 0 Å². The van der Waals surface area contributed by atoms with E-state index in [-0.39, 0.29) is 6.10 Å². The molecule has 1 atom stereocenters. The van der Waals surface area contributed by atoms with Gasteiger partial charge in [0.1, 0.15) is 0 Å². The van der Waals surface area contributed by atoms with Crippen LogP contribution in [0.15, 0.2) is 0 Å². The first kappa shape index (κ1) is 14.4. The number of methoxy groups -OCH3 is 3. The van der Waals surface area contributed by atoms with Gasteiger partial charge in [0.15, 0.2) is 0 Å². The monoisotopic (exact) mass is 220 g/mol. The third-order valence-corrected chi connectivity index (χ3v) is 4.08. The zero-order valence-corrected chi connectivity index (χ0v) is 10.8. The fourth-order valence-electron chi connectivity index (χ4n) is 1.21. The first-order valence-electron chi connectivity index (χ1n) is 4.90. The first-order chi connectivity index (χ1) is 6.78. The molecule has 0 aromatic carbocycles. The van der Waals surface area contributed by atoms with Crippen LogP contribution in [0.1, 0.15) is 13.3 Å². The Kier molecular flexibility index (Phi) is 10.2. The van der Waals surface area contributed by atoms with Gasteiger partial charge in [0.25, 0.3) is 0 Å². The van der Waals surface area contributed by atoms with Crippen LogP contribution >= 0.6 is 0 Å². The van der Waals surface area contributed by atoms with Gasteiger partial charge in [-0.2, -0.15) is 0 Å². The summed E-state index contributed by atoms with van der Waals surface area (Å²) in [6, 6.07) is 0. The van der Waals surface area contributed by atoms with Gasteiger partial charge in [0, 0.05) is 38.4 Å². The van der Waals surface area contributed by atoms with E-state index in [1.54, 1.807) is 21.3 Å². The summed E-state index contributed by atoms with van der Waals surface area (Å²) < 4.78 is 21.1. The molecule has 0 saturated heterocycles. The van der Waals surface area contributed by atoms with E-state index in [4.69, 9.17) is 18.0 Å². The molecule has 0 bridgehead atoms. The molecule has 1 unspecified atom stereocenters. The number of rotatable bonds is 9. The zero-order valence-electron chi connectivity index (χ0n) is 9.62. The molecule has 14 heavy (non-hydrogen) atoms. The number of ether oxygens (including phenoxy) is 3. The highest BCUT2D eigenvalue weighted by molar-refractivity contribution is 6.51. The summed E-state index contributed by atoms with van der Waals surface area (Å²) in [5.74, 6) is 0. The average molecular weight is 220 g/mol. The standard InChI is InChI=1S/C5H11O2.2C2H5O.Al/c1-3-5(6)4-7-2;2*1-3-2;/h5H,3-4H2,1-2H3;2*1H2,2H3;/q-1;;;+1. The van der Waals surface area contributed by atoms with Crippen LogP contribution in [0.3, 0.4) is 0 Å². The van der Waals surface area contributed by atoms with Crippen LogP contribution in [0.5, 0.6) is 0 Å². The lowest BCUT2D eigenvalue weighted by Gasteiger charge is -2.20. The highest BCUT2D eigenvalue weighted by Crippen LogP contribution is 2.02. The second kappa shape index (κ2) is 9.91. The Morgan fingerprint density at radius 2 is 1.57 bits per heavy atom. The predicted octanol–water partition coefficient (Wildman–Crippen LogP) is 0.791. The lowest BCUT2D eigenvalue weighted by atomic mass is 10.3. The molecule has 0 aliphatic carbocycles. The predicted molar refractivity (Wildman–Crippen MR) is 56.5 cm³/mol. The molecule has 0 saturated carbocycles. The molecular formula is C9H21AlO4. The molecule has 5 heteroatoms. The van der Waals surface area contributed by atoms with Gasteiger partial charge in [0.2, 0.25) is 0 Å². The maximum atomic E-state index is 5.88. The van der Waals surface area contributed by atoms with E-state index in [9.17, 15) is 0 Å². The van der Waals surface area contributed by atoms with Gasteiger partial charge in [-0.1, -0.05) is 6.92 Å². The third kappa shape index (κ3) is 6.77. The highest BCUT2D eigenvalue weighted by atomic mass is 27.2. The highest BCUT2D eigenvalue weighted by Gasteiger charge is 2.24. The molecule has 0 aliphatic heterocycles. The minimum absolute atomic E-state index is 0.182. The van der Waals surface area contributed by atoms with E-state index in [1.807, 2.05) is 0 Å². The SMILES string of the molecule is CCC(COC)[O][Al]([CH2]OC)[CH2]OC. The number of hydrogen-bond acceptors (Lipinski definition) is 4. The van der Waals surface area contributed by atoms with E-state index >= 15 is 0 Å². The average Bonchev–Trinajstić information content (AvgIpc) is 2.18. The molecule has 0 heterocycles. The molecule has 4 nitrogen and oxygen atoms in total. The van der Waals surface area contributed by atoms with Crippen LogP contribution in [0.2, 0.25) is 0 Å². The molecule has 0 aliphatic rings. The van der Waals surface area contributed by atoms with Gasteiger partial charge in [-0.3, -0.25) is 0 Å².